The number of rotatable bonds is 6. The van der Waals surface area contributed by atoms with Gasteiger partial charge in [0.25, 0.3) is 0 Å². The van der Waals surface area contributed by atoms with Crippen molar-refractivity contribution in [2.45, 2.75) is 12.8 Å². The molecule has 0 bridgehead atoms. The highest BCUT2D eigenvalue weighted by molar-refractivity contribution is 7.89. The van der Waals surface area contributed by atoms with Gasteiger partial charge in [0, 0.05) is 42.5 Å². The highest BCUT2D eigenvalue weighted by atomic mass is 32.2. The summed E-state index contributed by atoms with van der Waals surface area (Å²) in [5.41, 5.74) is 2.12. The Morgan fingerprint density at radius 1 is 1.42 bits per heavy atom. The molecule has 1 amide bonds. The number of fused-ring (bicyclic) bond motifs is 1. The van der Waals surface area contributed by atoms with Crippen LogP contribution in [-0.2, 0) is 21.2 Å². The first-order valence-corrected chi connectivity index (χ1v) is 9.49. The minimum atomic E-state index is -3.55. The molecule has 3 rings (SSSR count). The van der Waals surface area contributed by atoms with Crippen molar-refractivity contribution in [3.8, 4) is 5.75 Å². The fraction of sp³-hybridized carbons (Fsp3) is 0.438. The number of nitrogens with two attached hydrogens (primary N) is 1. The van der Waals surface area contributed by atoms with Gasteiger partial charge in [-0.25, -0.2) is 13.6 Å². The Hall–Kier alpha value is -2.06. The molecule has 8 heteroatoms. The standard InChI is InChI=1S/C16H21N3O4S/c1-23-13-2-3-15-14(7-13)12(8-18-15)4-5-19-9-11(6-16(19)20)10-24(17,21)22/h2-3,7-8,11,18H,4-6,9-10H2,1H3,(H2,17,21,22). The van der Waals surface area contributed by atoms with Crippen LogP contribution >= 0.6 is 0 Å². The number of amides is 1. The number of aromatic amines is 1. The maximum absolute atomic E-state index is 12.1. The van der Waals surface area contributed by atoms with E-state index in [2.05, 4.69) is 4.98 Å². The molecule has 7 nitrogen and oxygen atoms in total. The number of likely N-dealkylation sites (tertiary alicyclic amines) is 1. The second-order valence-electron chi connectivity index (χ2n) is 6.21. The van der Waals surface area contributed by atoms with Crippen LogP contribution in [0.1, 0.15) is 12.0 Å². The Kier molecular flexibility index (Phi) is 4.51. The molecule has 1 saturated heterocycles. The largest absolute Gasteiger partial charge is 0.497 e. The Bertz CT molecular complexity index is 859. The Labute approximate surface area is 140 Å². The summed E-state index contributed by atoms with van der Waals surface area (Å²) in [5, 5.41) is 6.14. The molecule has 1 unspecified atom stereocenters. The van der Waals surface area contributed by atoms with E-state index in [1.54, 1.807) is 12.0 Å². The third kappa shape index (κ3) is 3.70. The Morgan fingerprint density at radius 3 is 2.92 bits per heavy atom. The lowest BCUT2D eigenvalue weighted by Crippen LogP contribution is -2.29. The highest BCUT2D eigenvalue weighted by Gasteiger charge is 2.31. The fourth-order valence-electron chi connectivity index (χ4n) is 3.26. The van der Waals surface area contributed by atoms with E-state index >= 15 is 0 Å². The van der Waals surface area contributed by atoms with Crippen molar-refractivity contribution >= 4 is 26.8 Å². The molecule has 0 spiro atoms. The van der Waals surface area contributed by atoms with E-state index in [1.807, 2.05) is 24.4 Å². The normalized spacial score (nSPS) is 18.5. The Morgan fingerprint density at radius 2 is 2.21 bits per heavy atom. The molecule has 0 aliphatic carbocycles. The summed E-state index contributed by atoms with van der Waals surface area (Å²) in [6, 6.07) is 5.82. The van der Waals surface area contributed by atoms with Gasteiger partial charge in [-0.05, 0) is 30.2 Å². The van der Waals surface area contributed by atoms with Crippen molar-refractivity contribution in [3.05, 3.63) is 30.0 Å². The number of primary sulfonamides is 1. The summed E-state index contributed by atoms with van der Waals surface area (Å²) in [7, 11) is -1.92. The fourth-order valence-corrected chi connectivity index (χ4v) is 4.14. The molecule has 0 saturated carbocycles. The van der Waals surface area contributed by atoms with Crippen LogP contribution in [0.5, 0.6) is 5.75 Å². The molecular formula is C16H21N3O4S. The van der Waals surface area contributed by atoms with Gasteiger partial charge in [-0.1, -0.05) is 0 Å². The first-order chi connectivity index (χ1) is 11.4. The molecule has 1 fully saturated rings. The zero-order valence-corrected chi connectivity index (χ0v) is 14.3. The van der Waals surface area contributed by atoms with Crippen molar-refractivity contribution in [1.29, 1.82) is 0 Å². The van der Waals surface area contributed by atoms with Crippen molar-refractivity contribution < 1.29 is 17.9 Å². The lowest BCUT2D eigenvalue weighted by atomic mass is 10.1. The summed E-state index contributed by atoms with van der Waals surface area (Å²) in [6.07, 6.45) is 2.88. The molecule has 2 heterocycles. The topological polar surface area (TPSA) is 105 Å². The Balaban J connectivity index is 1.67. The number of nitrogens with one attached hydrogen (secondary N) is 1. The molecule has 1 atom stereocenters. The molecular weight excluding hydrogens is 330 g/mol. The second-order valence-corrected chi connectivity index (χ2v) is 7.87. The summed E-state index contributed by atoms with van der Waals surface area (Å²) in [6.45, 7) is 1.01. The van der Waals surface area contributed by atoms with Gasteiger partial charge in [-0.15, -0.1) is 0 Å². The molecule has 3 N–H and O–H groups in total. The van der Waals surface area contributed by atoms with Crippen LogP contribution in [0.2, 0.25) is 0 Å². The van der Waals surface area contributed by atoms with Gasteiger partial charge in [0.05, 0.1) is 12.9 Å². The molecule has 1 aliphatic rings. The summed E-state index contributed by atoms with van der Waals surface area (Å²) >= 11 is 0. The van der Waals surface area contributed by atoms with Gasteiger partial charge in [0.15, 0.2) is 0 Å². The van der Waals surface area contributed by atoms with Crippen LogP contribution < -0.4 is 9.88 Å². The summed E-state index contributed by atoms with van der Waals surface area (Å²) in [5.74, 6) is 0.421. The number of nitrogens with zero attached hydrogens (tertiary/aromatic N) is 1. The van der Waals surface area contributed by atoms with Crippen LogP contribution in [-0.4, -0.2) is 50.2 Å². The molecule has 1 aliphatic heterocycles. The third-order valence-electron chi connectivity index (χ3n) is 4.39. The second kappa shape index (κ2) is 6.45. The van der Waals surface area contributed by atoms with E-state index in [9.17, 15) is 13.2 Å². The zero-order chi connectivity index (χ0) is 17.3. The predicted octanol–water partition coefficient (Wildman–Crippen LogP) is 0.856. The summed E-state index contributed by atoms with van der Waals surface area (Å²) < 4.78 is 27.6. The molecule has 1 aromatic carbocycles. The number of carbonyl (C=O) groups is 1. The average Bonchev–Trinajstić information content (AvgIpc) is 3.06. The number of hydrogen-bond donors (Lipinski definition) is 2. The van der Waals surface area contributed by atoms with Crippen LogP contribution in [0.3, 0.4) is 0 Å². The zero-order valence-electron chi connectivity index (χ0n) is 13.5. The number of sulfonamides is 1. The SMILES string of the molecule is COc1ccc2[nH]cc(CCN3CC(CS(N)(=O)=O)CC3=O)c2c1. The molecule has 130 valence electrons. The number of aromatic nitrogens is 1. The molecule has 24 heavy (non-hydrogen) atoms. The van der Waals surface area contributed by atoms with Gasteiger partial charge >= 0.3 is 0 Å². The van der Waals surface area contributed by atoms with Gasteiger partial charge in [-0.3, -0.25) is 4.79 Å². The minimum Gasteiger partial charge on any atom is -0.497 e. The van der Waals surface area contributed by atoms with Crippen molar-refractivity contribution in [3.63, 3.8) is 0 Å². The van der Waals surface area contributed by atoms with Gasteiger partial charge in [0.2, 0.25) is 15.9 Å². The van der Waals surface area contributed by atoms with E-state index in [1.165, 1.54) is 0 Å². The quantitative estimate of drug-likeness (QED) is 0.805. The smallest absolute Gasteiger partial charge is 0.222 e. The molecule has 0 radical (unpaired) electrons. The number of ether oxygens (including phenoxy) is 1. The van der Waals surface area contributed by atoms with Gasteiger partial charge in [-0.2, -0.15) is 0 Å². The van der Waals surface area contributed by atoms with Crippen LogP contribution in [0.15, 0.2) is 24.4 Å². The van der Waals surface area contributed by atoms with E-state index < -0.39 is 10.0 Å². The van der Waals surface area contributed by atoms with Crippen LogP contribution in [0.25, 0.3) is 10.9 Å². The number of methoxy groups -OCH3 is 1. The van der Waals surface area contributed by atoms with E-state index in [0.717, 1.165) is 22.2 Å². The van der Waals surface area contributed by atoms with Crippen LogP contribution in [0, 0.1) is 5.92 Å². The lowest BCUT2D eigenvalue weighted by molar-refractivity contribution is -0.127. The predicted molar refractivity (Wildman–Crippen MR) is 91.2 cm³/mol. The lowest BCUT2D eigenvalue weighted by Gasteiger charge is -2.16. The monoisotopic (exact) mass is 351 g/mol. The number of hydrogen-bond acceptors (Lipinski definition) is 4. The maximum Gasteiger partial charge on any atom is 0.222 e. The number of carbonyl (C=O) groups excluding carboxylic acids is 1. The summed E-state index contributed by atoms with van der Waals surface area (Å²) in [4.78, 5) is 17.0. The van der Waals surface area contributed by atoms with Crippen molar-refractivity contribution in [1.82, 2.24) is 9.88 Å². The first-order valence-electron chi connectivity index (χ1n) is 7.78. The van der Waals surface area contributed by atoms with Gasteiger partial charge < -0.3 is 14.6 Å². The third-order valence-corrected chi connectivity index (χ3v) is 5.32. The average molecular weight is 351 g/mol. The molecule has 1 aromatic heterocycles. The van der Waals surface area contributed by atoms with Gasteiger partial charge in [0.1, 0.15) is 5.75 Å². The number of H-pyrrole nitrogens is 1. The first kappa shape index (κ1) is 16.8. The van der Waals surface area contributed by atoms with E-state index in [4.69, 9.17) is 9.88 Å². The van der Waals surface area contributed by atoms with Crippen molar-refractivity contribution in [2.24, 2.45) is 11.1 Å². The minimum absolute atomic E-state index is 0.0129. The van der Waals surface area contributed by atoms with E-state index in [-0.39, 0.29) is 24.0 Å². The maximum atomic E-state index is 12.1. The van der Waals surface area contributed by atoms with Crippen molar-refractivity contribution in [2.75, 3.05) is 26.0 Å². The van der Waals surface area contributed by atoms with Crippen LogP contribution in [0.4, 0.5) is 0 Å². The number of benzene rings is 1. The molecule has 2 aromatic rings. The van der Waals surface area contributed by atoms with E-state index in [0.29, 0.717) is 19.5 Å². The highest BCUT2D eigenvalue weighted by Crippen LogP contribution is 2.25.